The SMILES string of the molecule is CCN(CC)C(CCC(C)N)c1nc(Cl)nc2cc(Cl)ccc12. The van der Waals surface area contributed by atoms with Crippen LogP contribution in [0.5, 0.6) is 0 Å². The molecule has 6 heteroatoms. The van der Waals surface area contributed by atoms with Crippen molar-refractivity contribution in [1.29, 1.82) is 0 Å². The zero-order chi connectivity index (χ0) is 17.0. The smallest absolute Gasteiger partial charge is 0.223 e. The monoisotopic (exact) mass is 354 g/mol. The molecular formula is C17H24Cl2N4. The van der Waals surface area contributed by atoms with Crippen molar-refractivity contribution in [3.63, 3.8) is 0 Å². The first-order valence-corrected chi connectivity index (χ1v) is 8.84. The molecule has 0 spiro atoms. The third-order valence-electron chi connectivity index (χ3n) is 4.13. The van der Waals surface area contributed by atoms with E-state index in [0.717, 1.165) is 42.5 Å². The predicted octanol–water partition coefficient (Wildman–Crippen LogP) is 4.45. The van der Waals surface area contributed by atoms with Crippen LogP contribution in [0.4, 0.5) is 0 Å². The Kier molecular flexibility index (Phi) is 6.60. The van der Waals surface area contributed by atoms with Crippen LogP contribution in [0.2, 0.25) is 10.3 Å². The quantitative estimate of drug-likeness (QED) is 0.746. The van der Waals surface area contributed by atoms with Gasteiger partial charge in [-0.1, -0.05) is 25.4 Å². The molecule has 1 aromatic heterocycles. The molecule has 0 radical (unpaired) electrons. The number of benzene rings is 1. The molecule has 0 aliphatic rings. The van der Waals surface area contributed by atoms with Crippen LogP contribution >= 0.6 is 23.2 Å². The van der Waals surface area contributed by atoms with Crippen LogP contribution in [0.15, 0.2) is 18.2 Å². The first-order valence-electron chi connectivity index (χ1n) is 8.08. The van der Waals surface area contributed by atoms with E-state index in [1.165, 1.54) is 0 Å². The number of hydrogen-bond acceptors (Lipinski definition) is 4. The lowest BCUT2D eigenvalue weighted by Crippen LogP contribution is -2.31. The van der Waals surface area contributed by atoms with E-state index in [0.29, 0.717) is 5.02 Å². The lowest BCUT2D eigenvalue weighted by molar-refractivity contribution is 0.200. The van der Waals surface area contributed by atoms with E-state index < -0.39 is 0 Å². The average molecular weight is 355 g/mol. The summed E-state index contributed by atoms with van der Waals surface area (Å²) in [6.07, 6.45) is 1.86. The first-order chi connectivity index (χ1) is 11.0. The summed E-state index contributed by atoms with van der Waals surface area (Å²) in [5.41, 5.74) is 7.71. The van der Waals surface area contributed by atoms with Crippen LogP contribution in [0, 0.1) is 0 Å². The summed E-state index contributed by atoms with van der Waals surface area (Å²) in [5, 5.41) is 1.90. The van der Waals surface area contributed by atoms with E-state index in [4.69, 9.17) is 28.9 Å². The second-order valence-corrected chi connectivity index (χ2v) is 6.61. The van der Waals surface area contributed by atoms with Crippen LogP contribution in [0.25, 0.3) is 10.9 Å². The summed E-state index contributed by atoms with van der Waals surface area (Å²) in [7, 11) is 0. The van der Waals surface area contributed by atoms with Gasteiger partial charge in [-0.05, 0) is 62.7 Å². The summed E-state index contributed by atoms with van der Waals surface area (Å²) >= 11 is 12.3. The Morgan fingerprint density at radius 3 is 2.43 bits per heavy atom. The van der Waals surface area contributed by atoms with Crippen molar-refractivity contribution >= 4 is 34.1 Å². The minimum Gasteiger partial charge on any atom is -0.328 e. The van der Waals surface area contributed by atoms with Gasteiger partial charge in [0.1, 0.15) is 0 Å². The molecule has 1 aromatic carbocycles. The number of nitrogens with two attached hydrogens (primary N) is 1. The summed E-state index contributed by atoms with van der Waals surface area (Å²) in [6, 6.07) is 6.01. The number of aromatic nitrogens is 2. The number of rotatable bonds is 7. The molecule has 0 amide bonds. The van der Waals surface area contributed by atoms with Gasteiger partial charge in [-0.3, -0.25) is 4.90 Å². The molecule has 2 aromatic rings. The standard InChI is InChI=1S/C17H24Cl2N4/c1-4-23(5-2)15(9-6-11(3)20)16-13-8-7-12(18)10-14(13)21-17(19)22-16/h7-8,10-11,15H,4-6,9,20H2,1-3H3. The highest BCUT2D eigenvalue weighted by Crippen LogP contribution is 2.31. The van der Waals surface area contributed by atoms with Crippen molar-refractivity contribution in [3.8, 4) is 0 Å². The van der Waals surface area contributed by atoms with E-state index in [1.54, 1.807) is 0 Å². The van der Waals surface area contributed by atoms with Crippen molar-refractivity contribution in [2.45, 2.75) is 45.7 Å². The van der Waals surface area contributed by atoms with Crippen LogP contribution in [-0.2, 0) is 0 Å². The maximum Gasteiger partial charge on any atom is 0.223 e. The molecule has 2 N–H and O–H groups in total. The van der Waals surface area contributed by atoms with Crippen LogP contribution in [0.3, 0.4) is 0 Å². The Morgan fingerprint density at radius 1 is 1.13 bits per heavy atom. The first kappa shape index (κ1) is 18.4. The van der Waals surface area contributed by atoms with Crippen LogP contribution < -0.4 is 5.73 Å². The normalized spacial score (nSPS) is 14.4. The van der Waals surface area contributed by atoms with Gasteiger partial charge in [0.25, 0.3) is 0 Å². The number of hydrogen-bond donors (Lipinski definition) is 1. The molecule has 0 aliphatic heterocycles. The highest BCUT2D eigenvalue weighted by atomic mass is 35.5. The summed E-state index contributed by atoms with van der Waals surface area (Å²) in [5.74, 6) is 0. The van der Waals surface area contributed by atoms with Gasteiger partial charge in [-0.25, -0.2) is 9.97 Å². The third kappa shape index (κ3) is 4.54. The van der Waals surface area contributed by atoms with Crippen molar-refractivity contribution in [3.05, 3.63) is 34.2 Å². The van der Waals surface area contributed by atoms with Gasteiger partial charge in [0.2, 0.25) is 5.28 Å². The second-order valence-electron chi connectivity index (χ2n) is 5.83. The molecule has 1 heterocycles. The molecule has 2 atom stereocenters. The van der Waals surface area contributed by atoms with Gasteiger partial charge in [-0.15, -0.1) is 0 Å². The minimum atomic E-state index is 0.158. The maximum absolute atomic E-state index is 6.17. The van der Waals surface area contributed by atoms with Crippen LogP contribution in [-0.4, -0.2) is 34.0 Å². The minimum absolute atomic E-state index is 0.158. The summed E-state index contributed by atoms with van der Waals surface area (Å²) < 4.78 is 0. The number of nitrogens with zero attached hydrogens (tertiary/aromatic N) is 3. The van der Waals surface area contributed by atoms with Crippen LogP contribution in [0.1, 0.15) is 45.3 Å². The largest absolute Gasteiger partial charge is 0.328 e. The van der Waals surface area contributed by atoms with Gasteiger partial charge in [0.05, 0.1) is 17.3 Å². The summed E-state index contributed by atoms with van der Waals surface area (Å²) in [4.78, 5) is 11.3. The molecule has 23 heavy (non-hydrogen) atoms. The van der Waals surface area contributed by atoms with Gasteiger partial charge in [0.15, 0.2) is 0 Å². The van der Waals surface area contributed by atoms with Crippen molar-refractivity contribution in [2.75, 3.05) is 13.1 Å². The molecule has 2 unspecified atom stereocenters. The predicted molar refractivity (Wildman–Crippen MR) is 98.1 cm³/mol. The zero-order valence-electron chi connectivity index (χ0n) is 13.9. The van der Waals surface area contributed by atoms with E-state index in [1.807, 2.05) is 25.1 Å². The Labute approximate surface area is 148 Å². The molecule has 2 rings (SSSR count). The fraction of sp³-hybridized carbons (Fsp3) is 0.529. The van der Waals surface area contributed by atoms with E-state index in [-0.39, 0.29) is 17.4 Å². The molecule has 0 saturated heterocycles. The Bertz CT molecular complexity index is 651. The topological polar surface area (TPSA) is 55.0 Å². The summed E-state index contributed by atoms with van der Waals surface area (Å²) in [6.45, 7) is 8.23. The second kappa shape index (κ2) is 8.25. The molecule has 0 saturated carbocycles. The fourth-order valence-electron chi connectivity index (χ4n) is 2.93. The molecule has 4 nitrogen and oxygen atoms in total. The van der Waals surface area contributed by atoms with Crippen molar-refractivity contribution < 1.29 is 0 Å². The number of fused-ring (bicyclic) bond motifs is 1. The van der Waals surface area contributed by atoms with Gasteiger partial charge >= 0.3 is 0 Å². The molecule has 0 fully saturated rings. The van der Waals surface area contributed by atoms with E-state index in [9.17, 15) is 0 Å². The van der Waals surface area contributed by atoms with Crippen molar-refractivity contribution in [2.24, 2.45) is 5.73 Å². The highest BCUT2D eigenvalue weighted by Gasteiger charge is 2.23. The van der Waals surface area contributed by atoms with E-state index >= 15 is 0 Å². The number of halogens is 2. The highest BCUT2D eigenvalue weighted by molar-refractivity contribution is 6.31. The van der Waals surface area contributed by atoms with E-state index in [2.05, 4.69) is 28.7 Å². The lowest BCUT2D eigenvalue weighted by atomic mass is 9.99. The van der Waals surface area contributed by atoms with Gasteiger partial charge in [0, 0.05) is 16.5 Å². The zero-order valence-corrected chi connectivity index (χ0v) is 15.4. The van der Waals surface area contributed by atoms with Gasteiger partial charge < -0.3 is 5.73 Å². The fourth-order valence-corrected chi connectivity index (χ4v) is 3.28. The van der Waals surface area contributed by atoms with Gasteiger partial charge in [-0.2, -0.15) is 0 Å². The molecule has 0 aliphatic carbocycles. The molecular weight excluding hydrogens is 331 g/mol. The molecule has 0 bridgehead atoms. The van der Waals surface area contributed by atoms with Crippen molar-refractivity contribution in [1.82, 2.24) is 14.9 Å². The lowest BCUT2D eigenvalue weighted by Gasteiger charge is -2.30. The average Bonchev–Trinajstić information content (AvgIpc) is 2.50. The Hall–Kier alpha value is -0.940. The third-order valence-corrected chi connectivity index (χ3v) is 4.53. The molecule has 126 valence electrons. The maximum atomic E-state index is 6.17. The Morgan fingerprint density at radius 2 is 1.83 bits per heavy atom. The Balaban J connectivity index is 2.54.